The van der Waals surface area contributed by atoms with E-state index in [9.17, 15) is 38.4 Å². The highest BCUT2D eigenvalue weighted by Crippen LogP contribution is 2.03. The van der Waals surface area contributed by atoms with Crippen LogP contribution in [0.5, 0.6) is 0 Å². The van der Waals surface area contributed by atoms with Gasteiger partial charge in [-0.05, 0) is 53.4 Å². The summed E-state index contributed by atoms with van der Waals surface area (Å²) in [6, 6.07) is 0. The first-order chi connectivity index (χ1) is 20.7. The fourth-order valence-corrected chi connectivity index (χ4v) is 3.26. The van der Waals surface area contributed by atoms with E-state index in [0.717, 1.165) is 51.4 Å². The molecule has 0 atom stereocenters. The first-order valence-corrected chi connectivity index (χ1v) is 16.7. The lowest BCUT2D eigenvalue weighted by atomic mass is 10.1. The van der Waals surface area contributed by atoms with Gasteiger partial charge < -0.3 is 19.2 Å². The van der Waals surface area contributed by atoms with Crippen LogP contribution in [0.4, 0.5) is 0 Å². The molecule has 0 saturated carbocycles. The first kappa shape index (κ1) is 51.9. The van der Waals surface area contributed by atoms with Crippen molar-refractivity contribution in [1.29, 1.82) is 0 Å². The number of hydrogen-bond donors (Lipinski definition) is 0. The van der Waals surface area contributed by atoms with Crippen LogP contribution in [0.2, 0.25) is 0 Å². The van der Waals surface area contributed by atoms with Crippen molar-refractivity contribution in [3.05, 3.63) is 0 Å². The molecule has 0 aromatic heterocycles. The van der Waals surface area contributed by atoms with Gasteiger partial charge in [0.2, 0.25) is 0 Å². The molecular formula is C37H68O8. The molecule has 0 bridgehead atoms. The number of carbonyl (C=O) groups is 8. The van der Waals surface area contributed by atoms with E-state index in [-0.39, 0.29) is 53.7 Å². The zero-order valence-electron chi connectivity index (χ0n) is 29.4. The van der Waals surface area contributed by atoms with Gasteiger partial charge in [0.15, 0.2) is 0 Å². The molecule has 0 fully saturated rings. The van der Waals surface area contributed by atoms with E-state index in [2.05, 4.69) is 27.7 Å². The molecule has 0 radical (unpaired) electrons. The van der Waals surface area contributed by atoms with Crippen molar-refractivity contribution in [2.45, 2.75) is 191 Å². The van der Waals surface area contributed by atoms with Gasteiger partial charge in [-0.2, -0.15) is 0 Å². The number of rotatable bonds is 24. The van der Waals surface area contributed by atoms with E-state index in [4.69, 9.17) is 0 Å². The van der Waals surface area contributed by atoms with Gasteiger partial charge in [0.05, 0.1) is 0 Å². The molecule has 0 aliphatic carbocycles. The lowest BCUT2D eigenvalue weighted by Crippen LogP contribution is -2.00. The molecule has 8 nitrogen and oxygen atoms in total. The monoisotopic (exact) mass is 640 g/mol. The Labute approximate surface area is 275 Å². The van der Waals surface area contributed by atoms with Crippen LogP contribution in [-0.2, 0) is 38.4 Å². The Balaban J connectivity index is -0.000000157. The van der Waals surface area contributed by atoms with Crippen LogP contribution in [0.3, 0.4) is 0 Å². The summed E-state index contributed by atoms with van der Waals surface area (Å²) in [5.74, 6) is 1.32. The second-order valence-corrected chi connectivity index (χ2v) is 11.4. The zero-order valence-corrected chi connectivity index (χ0v) is 29.4. The van der Waals surface area contributed by atoms with E-state index < -0.39 is 0 Å². The summed E-state index contributed by atoms with van der Waals surface area (Å²) in [7, 11) is 0. The second-order valence-electron chi connectivity index (χ2n) is 11.4. The van der Waals surface area contributed by atoms with Gasteiger partial charge in [0.25, 0.3) is 0 Å². The van der Waals surface area contributed by atoms with E-state index in [1.807, 2.05) is 0 Å². The summed E-state index contributed by atoms with van der Waals surface area (Å²) in [5, 5.41) is 0. The van der Waals surface area contributed by atoms with Gasteiger partial charge in [-0.15, -0.1) is 0 Å². The van der Waals surface area contributed by atoms with Gasteiger partial charge in [0, 0.05) is 77.0 Å². The van der Waals surface area contributed by atoms with Crippen molar-refractivity contribution in [3.63, 3.8) is 0 Å². The van der Waals surface area contributed by atoms with Crippen LogP contribution in [0.1, 0.15) is 191 Å². The Morgan fingerprint density at radius 1 is 0.289 bits per heavy atom. The van der Waals surface area contributed by atoms with E-state index in [0.29, 0.717) is 77.0 Å². The highest BCUT2D eigenvalue weighted by Gasteiger charge is 2.04. The molecule has 264 valence electrons. The van der Waals surface area contributed by atoms with Crippen molar-refractivity contribution < 1.29 is 38.4 Å². The number of carbonyl (C=O) groups excluding carboxylic acids is 8. The summed E-state index contributed by atoms with van der Waals surface area (Å²) in [6.07, 6.45) is 14.0. The smallest absolute Gasteiger partial charge is 0.133 e. The normalized spacial score (nSPS) is 9.42. The molecule has 0 unspecified atom stereocenters. The molecule has 0 spiro atoms. The summed E-state index contributed by atoms with van der Waals surface area (Å²) in [5.41, 5.74) is 0. The van der Waals surface area contributed by atoms with Gasteiger partial charge >= 0.3 is 0 Å². The Kier molecular flexibility index (Phi) is 45.4. The molecule has 45 heavy (non-hydrogen) atoms. The quantitative estimate of drug-likeness (QED) is 0.102. The van der Waals surface area contributed by atoms with Crippen LogP contribution < -0.4 is 0 Å². The molecule has 0 amide bonds. The van der Waals surface area contributed by atoms with Crippen molar-refractivity contribution in [2.75, 3.05) is 0 Å². The van der Waals surface area contributed by atoms with Crippen molar-refractivity contribution in [2.24, 2.45) is 0 Å². The third-order valence-corrected chi connectivity index (χ3v) is 6.26. The van der Waals surface area contributed by atoms with Crippen LogP contribution in [0.25, 0.3) is 0 Å². The highest BCUT2D eigenvalue weighted by atomic mass is 16.2. The largest absolute Gasteiger partial charge is 0.300 e. The summed E-state index contributed by atoms with van der Waals surface area (Å²) < 4.78 is 0. The summed E-state index contributed by atoms with van der Waals surface area (Å²) >= 11 is 0. The Morgan fingerprint density at radius 3 is 0.556 bits per heavy atom. The van der Waals surface area contributed by atoms with Crippen molar-refractivity contribution >= 4 is 46.3 Å². The first-order valence-electron chi connectivity index (χ1n) is 16.7. The average molecular weight is 641 g/mol. The zero-order chi connectivity index (χ0) is 34.8. The van der Waals surface area contributed by atoms with Gasteiger partial charge in [0.1, 0.15) is 46.3 Å². The van der Waals surface area contributed by atoms with E-state index in [1.165, 1.54) is 27.7 Å². The second kappa shape index (κ2) is 39.4. The minimum atomic E-state index is 0. The average Bonchev–Trinajstić information content (AvgIpc) is 2.97. The van der Waals surface area contributed by atoms with Crippen LogP contribution in [-0.4, -0.2) is 46.3 Å². The maximum absolute atomic E-state index is 11.0. The molecule has 0 aromatic carbocycles. The van der Waals surface area contributed by atoms with Crippen molar-refractivity contribution in [1.82, 2.24) is 0 Å². The third kappa shape index (κ3) is 57.6. The SMILES string of the molecule is C.CCCCC(=O)CCC(C)=O.CCCCC(=O)CCC(C)=O.CCCCC(=O)CCC(C)=O.CCCCC(=O)CCC(C)=O. The van der Waals surface area contributed by atoms with Crippen LogP contribution in [0, 0.1) is 0 Å². The Bertz CT molecular complexity index is 690. The Hall–Kier alpha value is -2.64. The topological polar surface area (TPSA) is 137 Å². The number of hydrogen-bond acceptors (Lipinski definition) is 8. The summed E-state index contributed by atoms with van der Waals surface area (Å²) in [6.45, 7) is 14.3. The maximum atomic E-state index is 11.0. The molecule has 0 saturated heterocycles. The van der Waals surface area contributed by atoms with Crippen molar-refractivity contribution in [3.8, 4) is 0 Å². The minimum absolute atomic E-state index is 0. The van der Waals surface area contributed by atoms with Gasteiger partial charge in [-0.3, -0.25) is 19.2 Å². The Morgan fingerprint density at radius 2 is 0.444 bits per heavy atom. The molecular weight excluding hydrogens is 572 g/mol. The van der Waals surface area contributed by atoms with Gasteiger partial charge in [-0.1, -0.05) is 60.8 Å². The summed E-state index contributed by atoms with van der Waals surface area (Å²) in [4.78, 5) is 85.7. The van der Waals surface area contributed by atoms with Gasteiger partial charge in [-0.25, -0.2) is 0 Å². The lowest BCUT2D eigenvalue weighted by molar-refractivity contribution is -0.123. The van der Waals surface area contributed by atoms with E-state index >= 15 is 0 Å². The molecule has 0 heterocycles. The molecule has 0 rings (SSSR count). The minimum Gasteiger partial charge on any atom is -0.300 e. The lowest BCUT2D eigenvalue weighted by Gasteiger charge is -1.96. The van der Waals surface area contributed by atoms with Crippen LogP contribution in [0.15, 0.2) is 0 Å². The molecule has 0 aliphatic heterocycles. The van der Waals surface area contributed by atoms with Crippen LogP contribution >= 0.6 is 0 Å². The molecule has 8 heteroatoms. The molecule has 0 N–H and O–H groups in total. The number of unbranched alkanes of at least 4 members (excludes halogenated alkanes) is 4. The highest BCUT2D eigenvalue weighted by molar-refractivity contribution is 5.86. The predicted octanol–water partition coefficient (Wildman–Crippen LogP) is 9.10. The fourth-order valence-electron chi connectivity index (χ4n) is 3.26. The van der Waals surface area contributed by atoms with E-state index in [1.54, 1.807) is 0 Å². The molecule has 0 aliphatic rings. The number of ketones is 8. The maximum Gasteiger partial charge on any atom is 0.133 e. The standard InChI is InChI=1S/4C9H16O2.CH4/c4*1-3-4-5-9(11)7-6-8(2)10;/h4*3-7H2,1-2H3;1H4. The third-order valence-electron chi connectivity index (χ3n) is 6.26. The number of Topliss-reactive ketones (excluding diaryl/α,β-unsaturated/α-hetero) is 8. The molecule has 0 aromatic rings. The predicted molar refractivity (Wildman–Crippen MR) is 185 cm³/mol. The fraction of sp³-hybridized carbons (Fsp3) is 0.784.